The standard InChI is InChI=1S/C15H16FN5/c1-11-17-6-7-21(11)9-8-20(2)15-14-12(16)4-3-5-13(14)18-10-19-15/h3-7,10H,8-9H2,1-2H3. The van der Waals surface area contributed by atoms with E-state index in [-0.39, 0.29) is 5.82 Å². The number of anilines is 1. The van der Waals surface area contributed by atoms with Gasteiger partial charge in [0.1, 0.15) is 23.8 Å². The van der Waals surface area contributed by atoms with E-state index in [0.717, 1.165) is 12.4 Å². The normalized spacial score (nSPS) is 11.0. The van der Waals surface area contributed by atoms with Gasteiger partial charge in [0.15, 0.2) is 0 Å². The number of nitrogens with zero attached hydrogens (tertiary/aromatic N) is 5. The van der Waals surface area contributed by atoms with Crippen molar-refractivity contribution >= 4 is 16.7 Å². The number of likely N-dealkylation sites (N-methyl/N-ethyl adjacent to an activating group) is 1. The highest BCUT2D eigenvalue weighted by atomic mass is 19.1. The highest BCUT2D eigenvalue weighted by molar-refractivity contribution is 5.89. The molecule has 2 heterocycles. The Balaban J connectivity index is 1.88. The van der Waals surface area contributed by atoms with Crippen molar-refractivity contribution in [3.63, 3.8) is 0 Å². The minimum absolute atomic E-state index is 0.297. The van der Waals surface area contributed by atoms with Gasteiger partial charge in [0, 0.05) is 32.5 Å². The molecule has 0 spiro atoms. The zero-order chi connectivity index (χ0) is 14.8. The summed E-state index contributed by atoms with van der Waals surface area (Å²) in [7, 11) is 1.90. The Morgan fingerprint density at radius 3 is 2.86 bits per heavy atom. The van der Waals surface area contributed by atoms with Gasteiger partial charge in [-0.15, -0.1) is 0 Å². The molecule has 0 saturated heterocycles. The molecule has 0 N–H and O–H groups in total. The molecular weight excluding hydrogens is 269 g/mol. The van der Waals surface area contributed by atoms with Crippen LogP contribution in [0.15, 0.2) is 36.9 Å². The summed E-state index contributed by atoms with van der Waals surface area (Å²) in [5, 5.41) is 0.463. The third kappa shape index (κ3) is 2.56. The lowest BCUT2D eigenvalue weighted by Crippen LogP contribution is -2.24. The van der Waals surface area contributed by atoms with Crippen LogP contribution in [0.25, 0.3) is 10.9 Å². The number of rotatable bonds is 4. The number of aryl methyl sites for hydroxylation is 1. The molecule has 0 bridgehead atoms. The van der Waals surface area contributed by atoms with Crippen LogP contribution in [0, 0.1) is 12.7 Å². The number of fused-ring (bicyclic) bond motifs is 1. The number of aromatic nitrogens is 4. The maximum Gasteiger partial charge on any atom is 0.142 e. The van der Waals surface area contributed by atoms with E-state index >= 15 is 0 Å². The molecule has 0 radical (unpaired) electrons. The van der Waals surface area contributed by atoms with Crippen LogP contribution in [0.5, 0.6) is 0 Å². The Bertz CT molecular complexity index is 762. The van der Waals surface area contributed by atoms with E-state index in [1.807, 2.05) is 25.1 Å². The highest BCUT2D eigenvalue weighted by Gasteiger charge is 2.12. The minimum Gasteiger partial charge on any atom is -0.357 e. The number of benzene rings is 1. The molecule has 0 aliphatic carbocycles. The second-order valence-electron chi connectivity index (χ2n) is 4.92. The van der Waals surface area contributed by atoms with E-state index in [2.05, 4.69) is 19.5 Å². The van der Waals surface area contributed by atoms with Crippen LogP contribution in [-0.4, -0.2) is 33.1 Å². The van der Waals surface area contributed by atoms with Gasteiger partial charge < -0.3 is 9.47 Å². The smallest absolute Gasteiger partial charge is 0.142 e. The summed E-state index contributed by atoms with van der Waals surface area (Å²) >= 11 is 0. The molecule has 3 rings (SSSR count). The van der Waals surface area contributed by atoms with Crippen molar-refractivity contribution in [2.45, 2.75) is 13.5 Å². The maximum absolute atomic E-state index is 14.1. The monoisotopic (exact) mass is 285 g/mol. The summed E-state index contributed by atoms with van der Waals surface area (Å²) < 4.78 is 16.1. The Morgan fingerprint density at radius 2 is 2.10 bits per heavy atom. The summed E-state index contributed by atoms with van der Waals surface area (Å²) in [6.45, 7) is 3.43. The lowest BCUT2D eigenvalue weighted by molar-refractivity contribution is 0.636. The highest BCUT2D eigenvalue weighted by Crippen LogP contribution is 2.24. The van der Waals surface area contributed by atoms with Crippen LogP contribution in [-0.2, 0) is 6.54 Å². The number of halogens is 1. The predicted molar refractivity (Wildman–Crippen MR) is 79.7 cm³/mol. The molecule has 0 aliphatic heterocycles. The van der Waals surface area contributed by atoms with Crippen LogP contribution in [0.2, 0.25) is 0 Å². The van der Waals surface area contributed by atoms with Gasteiger partial charge in [-0.2, -0.15) is 0 Å². The Kier molecular flexibility index (Phi) is 3.51. The molecule has 0 unspecified atom stereocenters. The molecule has 1 aromatic carbocycles. The van der Waals surface area contributed by atoms with Crippen molar-refractivity contribution in [2.24, 2.45) is 0 Å². The molecular formula is C15H16FN5. The van der Waals surface area contributed by atoms with Gasteiger partial charge in [0.2, 0.25) is 0 Å². The molecule has 108 valence electrons. The van der Waals surface area contributed by atoms with Crippen molar-refractivity contribution < 1.29 is 4.39 Å². The second kappa shape index (κ2) is 5.47. The van der Waals surface area contributed by atoms with E-state index in [0.29, 0.717) is 23.3 Å². The summed E-state index contributed by atoms with van der Waals surface area (Å²) in [5.74, 6) is 1.27. The summed E-state index contributed by atoms with van der Waals surface area (Å²) in [6.07, 6.45) is 5.17. The largest absolute Gasteiger partial charge is 0.357 e. The molecule has 0 fully saturated rings. The maximum atomic E-state index is 14.1. The third-order valence-corrected chi connectivity index (χ3v) is 3.55. The van der Waals surface area contributed by atoms with E-state index in [9.17, 15) is 4.39 Å². The van der Waals surface area contributed by atoms with E-state index in [1.54, 1.807) is 18.3 Å². The molecule has 3 aromatic rings. The van der Waals surface area contributed by atoms with Crippen molar-refractivity contribution in [1.82, 2.24) is 19.5 Å². The molecule has 0 aliphatic rings. The third-order valence-electron chi connectivity index (χ3n) is 3.55. The lowest BCUT2D eigenvalue weighted by Gasteiger charge is -2.20. The fourth-order valence-electron chi connectivity index (χ4n) is 2.35. The Labute approximate surface area is 122 Å². The van der Waals surface area contributed by atoms with Gasteiger partial charge in [-0.3, -0.25) is 0 Å². The zero-order valence-electron chi connectivity index (χ0n) is 12.0. The second-order valence-corrected chi connectivity index (χ2v) is 4.92. The van der Waals surface area contributed by atoms with Gasteiger partial charge in [-0.25, -0.2) is 19.3 Å². The zero-order valence-corrected chi connectivity index (χ0v) is 12.0. The molecule has 21 heavy (non-hydrogen) atoms. The van der Waals surface area contributed by atoms with Crippen LogP contribution in [0.3, 0.4) is 0 Å². The molecule has 6 heteroatoms. The average Bonchev–Trinajstić information content (AvgIpc) is 2.90. The fourth-order valence-corrected chi connectivity index (χ4v) is 2.35. The fraction of sp³-hybridized carbons (Fsp3) is 0.267. The van der Waals surface area contributed by atoms with Crippen LogP contribution >= 0.6 is 0 Å². The average molecular weight is 285 g/mol. The van der Waals surface area contributed by atoms with E-state index < -0.39 is 0 Å². The number of hydrogen-bond donors (Lipinski definition) is 0. The van der Waals surface area contributed by atoms with Gasteiger partial charge in [-0.1, -0.05) is 6.07 Å². The van der Waals surface area contributed by atoms with Gasteiger partial charge in [0.05, 0.1) is 10.9 Å². The van der Waals surface area contributed by atoms with Crippen molar-refractivity contribution in [3.05, 3.63) is 48.6 Å². The first-order valence-electron chi connectivity index (χ1n) is 6.75. The first-order chi connectivity index (χ1) is 10.2. The van der Waals surface area contributed by atoms with Crippen LogP contribution < -0.4 is 4.90 Å². The predicted octanol–water partition coefficient (Wildman–Crippen LogP) is 2.41. The molecule has 0 atom stereocenters. The van der Waals surface area contributed by atoms with Gasteiger partial charge in [-0.05, 0) is 19.1 Å². The van der Waals surface area contributed by atoms with Gasteiger partial charge >= 0.3 is 0 Å². The summed E-state index contributed by atoms with van der Waals surface area (Å²) in [5.41, 5.74) is 0.616. The van der Waals surface area contributed by atoms with Gasteiger partial charge in [0.25, 0.3) is 0 Å². The Morgan fingerprint density at radius 1 is 1.24 bits per heavy atom. The summed E-state index contributed by atoms with van der Waals surface area (Å²) in [6, 6.07) is 4.88. The van der Waals surface area contributed by atoms with Crippen LogP contribution in [0.4, 0.5) is 10.2 Å². The first kappa shape index (κ1) is 13.5. The molecule has 0 saturated carbocycles. The molecule has 0 amide bonds. The number of hydrogen-bond acceptors (Lipinski definition) is 4. The van der Waals surface area contributed by atoms with Crippen molar-refractivity contribution in [2.75, 3.05) is 18.5 Å². The number of imidazole rings is 1. The van der Waals surface area contributed by atoms with Crippen LogP contribution in [0.1, 0.15) is 5.82 Å². The lowest BCUT2D eigenvalue weighted by atomic mass is 10.2. The van der Waals surface area contributed by atoms with E-state index in [4.69, 9.17) is 0 Å². The quantitative estimate of drug-likeness (QED) is 0.738. The van der Waals surface area contributed by atoms with E-state index in [1.165, 1.54) is 12.4 Å². The van der Waals surface area contributed by atoms with Crippen molar-refractivity contribution in [1.29, 1.82) is 0 Å². The SMILES string of the molecule is Cc1nccn1CCN(C)c1ncnc2cccc(F)c12. The first-order valence-corrected chi connectivity index (χ1v) is 6.75. The molecule has 2 aromatic heterocycles. The topological polar surface area (TPSA) is 46.8 Å². The minimum atomic E-state index is -0.297. The Hall–Kier alpha value is -2.50. The summed E-state index contributed by atoms with van der Waals surface area (Å²) in [4.78, 5) is 14.5. The molecule has 5 nitrogen and oxygen atoms in total. The van der Waals surface area contributed by atoms with Crippen molar-refractivity contribution in [3.8, 4) is 0 Å².